The molecular formula is C10H8F5NO. The van der Waals surface area contributed by atoms with E-state index >= 15 is 0 Å². The van der Waals surface area contributed by atoms with Crippen LogP contribution in [0.2, 0.25) is 0 Å². The third-order valence-electron chi connectivity index (χ3n) is 2.14. The van der Waals surface area contributed by atoms with E-state index in [1.54, 1.807) is 0 Å². The molecule has 0 aliphatic rings. The number of Topliss-reactive ketones (excluding diaryl/α,β-unsaturated/α-hetero) is 1. The summed E-state index contributed by atoms with van der Waals surface area (Å²) >= 11 is 0. The molecule has 1 aromatic carbocycles. The van der Waals surface area contributed by atoms with Gasteiger partial charge in [0, 0.05) is 16.8 Å². The predicted octanol–water partition coefficient (Wildman–Crippen LogP) is 3.43. The van der Waals surface area contributed by atoms with E-state index in [2.05, 4.69) is 0 Å². The van der Waals surface area contributed by atoms with E-state index in [0.717, 1.165) is 6.92 Å². The normalized spacial score (nSPS) is 11.9. The van der Waals surface area contributed by atoms with Crippen LogP contribution in [0.25, 0.3) is 0 Å². The lowest BCUT2D eigenvalue weighted by Gasteiger charge is -2.15. The average Bonchev–Trinajstić information content (AvgIpc) is 2.14. The molecular weight excluding hydrogens is 245 g/mol. The van der Waals surface area contributed by atoms with Crippen molar-refractivity contribution in [1.29, 1.82) is 0 Å². The smallest absolute Gasteiger partial charge is 0.398 e. The monoisotopic (exact) mass is 253 g/mol. The van der Waals surface area contributed by atoms with E-state index in [1.165, 1.54) is 0 Å². The highest BCUT2D eigenvalue weighted by Gasteiger charge is 2.36. The zero-order valence-corrected chi connectivity index (χ0v) is 8.61. The van der Waals surface area contributed by atoms with Gasteiger partial charge in [0.1, 0.15) is 0 Å². The molecule has 0 fully saturated rings. The van der Waals surface area contributed by atoms with Crippen molar-refractivity contribution < 1.29 is 26.7 Å². The van der Waals surface area contributed by atoms with Gasteiger partial charge in [0.25, 0.3) is 6.43 Å². The lowest BCUT2D eigenvalue weighted by Crippen LogP contribution is -2.13. The first-order chi connectivity index (χ1) is 7.64. The first-order valence-electron chi connectivity index (χ1n) is 4.44. The van der Waals surface area contributed by atoms with Gasteiger partial charge in [-0.3, -0.25) is 4.79 Å². The second-order valence-electron chi connectivity index (χ2n) is 3.38. The summed E-state index contributed by atoms with van der Waals surface area (Å²) in [5, 5.41) is 0. The standard InChI is InChI=1S/C10H8F5NO/c1-4(17)5-2-6(9(11)12)7(3-8(5)16)10(13,14)15/h2-3,9H,16H2,1H3. The number of rotatable bonds is 2. The van der Waals surface area contributed by atoms with E-state index in [0.29, 0.717) is 12.1 Å². The maximum absolute atomic E-state index is 12.5. The maximum Gasteiger partial charge on any atom is 0.416 e. The van der Waals surface area contributed by atoms with Gasteiger partial charge >= 0.3 is 6.18 Å². The number of anilines is 1. The van der Waals surface area contributed by atoms with Crippen molar-refractivity contribution in [3.8, 4) is 0 Å². The Kier molecular flexibility index (Phi) is 3.40. The highest BCUT2D eigenvalue weighted by molar-refractivity contribution is 5.99. The summed E-state index contributed by atoms with van der Waals surface area (Å²) in [4.78, 5) is 11.0. The van der Waals surface area contributed by atoms with Crippen molar-refractivity contribution in [2.75, 3.05) is 5.73 Å². The molecule has 0 saturated carbocycles. The van der Waals surface area contributed by atoms with Crippen LogP contribution in [0.1, 0.15) is 34.8 Å². The second kappa shape index (κ2) is 4.31. The van der Waals surface area contributed by atoms with Gasteiger partial charge in [-0.1, -0.05) is 0 Å². The third kappa shape index (κ3) is 2.72. The van der Waals surface area contributed by atoms with Crippen LogP contribution in [0, 0.1) is 0 Å². The zero-order valence-electron chi connectivity index (χ0n) is 8.61. The van der Waals surface area contributed by atoms with Crippen molar-refractivity contribution in [1.82, 2.24) is 0 Å². The van der Waals surface area contributed by atoms with Gasteiger partial charge in [0.05, 0.1) is 5.56 Å². The van der Waals surface area contributed by atoms with E-state index in [1.807, 2.05) is 0 Å². The Morgan fingerprint density at radius 1 is 1.29 bits per heavy atom. The fourth-order valence-electron chi connectivity index (χ4n) is 1.36. The number of benzene rings is 1. The molecule has 94 valence electrons. The molecule has 0 aromatic heterocycles. The summed E-state index contributed by atoms with van der Waals surface area (Å²) < 4.78 is 62.3. The molecule has 0 aliphatic heterocycles. The quantitative estimate of drug-likeness (QED) is 0.498. The number of nitrogens with two attached hydrogens (primary N) is 1. The molecule has 7 heteroatoms. The largest absolute Gasteiger partial charge is 0.416 e. The molecule has 1 rings (SSSR count). The van der Waals surface area contributed by atoms with E-state index in [-0.39, 0.29) is 5.56 Å². The Morgan fingerprint density at radius 3 is 2.18 bits per heavy atom. The molecule has 0 amide bonds. The van der Waals surface area contributed by atoms with Crippen LogP contribution in [0.3, 0.4) is 0 Å². The molecule has 0 spiro atoms. The second-order valence-corrected chi connectivity index (χ2v) is 3.38. The van der Waals surface area contributed by atoms with Crippen LogP contribution in [0.5, 0.6) is 0 Å². The van der Waals surface area contributed by atoms with Gasteiger partial charge in [-0.15, -0.1) is 0 Å². The number of carbonyl (C=O) groups is 1. The van der Waals surface area contributed by atoms with Gasteiger partial charge in [-0.25, -0.2) is 8.78 Å². The molecule has 0 bridgehead atoms. The number of hydrogen-bond donors (Lipinski definition) is 1. The van der Waals surface area contributed by atoms with Crippen LogP contribution in [-0.4, -0.2) is 5.78 Å². The van der Waals surface area contributed by atoms with Gasteiger partial charge in [-0.2, -0.15) is 13.2 Å². The number of halogens is 5. The molecule has 17 heavy (non-hydrogen) atoms. The van der Waals surface area contributed by atoms with Crippen LogP contribution < -0.4 is 5.73 Å². The van der Waals surface area contributed by atoms with E-state index < -0.39 is 35.2 Å². The minimum Gasteiger partial charge on any atom is -0.398 e. The average molecular weight is 253 g/mol. The summed E-state index contributed by atoms with van der Waals surface area (Å²) in [5.41, 5.74) is 1.66. The van der Waals surface area contributed by atoms with Crippen LogP contribution in [0.15, 0.2) is 12.1 Å². The van der Waals surface area contributed by atoms with Gasteiger partial charge in [0.2, 0.25) is 0 Å². The number of nitrogen functional groups attached to an aromatic ring is 1. The Hall–Kier alpha value is -1.66. The molecule has 2 N–H and O–H groups in total. The van der Waals surface area contributed by atoms with Gasteiger partial charge < -0.3 is 5.73 Å². The first kappa shape index (κ1) is 13.4. The van der Waals surface area contributed by atoms with Gasteiger partial charge in [-0.05, 0) is 19.1 Å². The molecule has 0 atom stereocenters. The Bertz CT molecular complexity index is 453. The Balaban J connectivity index is 3.53. The lowest BCUT2D eigenvalue weighted by atomic mass is 10.00. The van der Waals surface area contributed by atoms with Crippen LogP contribution in [-0.2, 0) is 6.18 Å². The summed E-state index contributed by atoms with van der Waals surface area (Å²) in [7, 11) is 0. The number of hydrogen-bond acceptors (Lipinski definition) is 2. The van der Waals surface area contributed by atoms with Crippen molar-refractivity contribution >= 4 is 11.5 Å². The van der Waals surface area contributed by atoms with Crippen LogP contribution in [0.4, 0.5) is 27.6 Å². The Labute approximate surface area is 93.2 Å². The molecule has 0 aliphatic carbocycles. The summed E-state index contributed by atoms with van der Waals surface area (Å²) in [5.74, 6) is -0.668. The molecule has 1 aromatic rings. The lowest BCUT2D eigenvalue weighted by molar-refractivity contribution is -0.139. The minimum absolute atomic E-state index is 0.340. The summed E-state index contributed by atoms with van der Waals surface area (Å²) in [6.45, 7) is 1.04. The molecule has 0 saturated heterocycles. The summed E-state index contributed by atoms with van der Waals surface area (Å²) in [6, 6.07) is 0.851. The first-order valence-corrected chi connectivity index (χ1v) is 4.44. The SMILES string of the molecule is CC(=O)c1cc(C(F)F)c(C(F)(F)F)cc1N. The van der Waals surface area contributed by atoms with E-state index in [9.17, 15) is 26.7 Å². The predicted molar refractivity (Wildman–Crippen MR) is 50.8 cm³/mol. The fourth-order valence-corrected chi connectivity index (χ4v) is 1.36. The zero-order chi connectivity index (χ0) is 13.4. The van der Waals surface area contributed by atoms with Gasteiger partial charge in [0.15, 0.2) is 5.78 Å². The molecule has 0 unspecified atom stereocenters. The number of carbonyl (C=O) groups excluding carboxylic acids is 1. The number of ketones is 1. The maximum atomic E-state index is 12.5. The van der Waals surface area contributed by atoms with Crippen molar-refractivity contribution in [2.45, 2.75) is 19.5 Å². The topological polar surface area (TPSA) is 43.1 Å². The molecule has 2 nitrogen and oxygen atoms in total. The number of alkyl halides is 5. The van der Waals surface area contributed by atoms with Crippen molar-refractivity contribution in [3.63, 3.8) is 0 Å². The highest BCUT2D eigenvalue weighted by atomic mass is 19.4. The fraction of sp³-hybridized carbons (Fsp3) is 0.300. The van der Waals surface area contributed by atoms with Crippen LogP contribution >= 0.6 is 0 Å². The van der Waals surface area contributed by atoms with Crippen molar-refractivity contribution in [2.24, 2.45) is 0 Å². The highest BCUT2D eigenvalue weighted by Crippen LogP contribution is 2.38. The molecule has 0 radical (unpaired) electrons. The minimum atomic E-state index is -4.94. The third-order valence-corrected chi connectivity index (χ3v) is 2.14. The van der Waals surface area contributed by atoms with E-state index in [4.69, 9.17) is 5.73 Å². The summed E-state index contributed by atoms with van der Waals surface area (Å²) in [6.07, 6.45) is -8.26. The van der Waals surface area contributed by atoms with Crippen molar-refractivity contribution in [3.05, 3.63) is 28.8 Å². The Morgan fingerprint density at radius 2 is 1.82 bits per heavy atom. The molecule has 0 heterocycles.